The lowest BCUT2D eigenvalue weighted by Crippen LogP contribution is -2.14. The summed E-state index contributed by atoms with van der Waals surface area (Å²) < 4.78 is 0. The van der Waals surface area contributed by atoms with Gasteiger partial charge in [0.05, 0.1) is 5.56 Å². The summed E-state index contributed by atoms with van der Waals surface area (Å²) in [6, 6.07) is 3.62. The molecule has 0 saturated heterocycles. The van der Waals surface area contributed by atoms with E-state index in [1.807, 2.05) is 13.0 Å². The van der Waals surface area contributed by atoms with Crippen LogP contribution in [0.2, 0.25) is 0 Å². The van der Waals surface area contributed by atoms with Crippen LogP contribution in [0.3, 0.4) is 0 Å². The molecule has 2 rings (SSSR count). The molecule has 2 aromatic heterocycles. The summed E-state index contributed by atoms with van der Waals surface area (Å²) >= 11 is 0. The van der Waals surface area contributed by atoms with E-state index >= 15 is 0 Å². The predicted molar refractivity (Wildman–Crippen MR) is 63.9 cm³/mol. The normalized spacial score (nSPS) is 10.5. The van der Waals surface area contributed by atoms with E-state index in [2.05, 4.69) is 15.0 Å². The molecule has 0 aromatic carbocycles. The molecule has 0 unspecified atom stereocenters. The molecule has 0 amide bonds. The lowest BCUT2D eigenvalue weighted by molar-refractivity contribution is 0.444. The Morgan fingerprint density at radius 1 is 1.41 bits per heavy atom. The van der Waals surface area contributed by atoms with Gasteiger partial charge in [-0.1, -0.05) is 13.0 Å². The van der Waals surface area contributed by atoms with E-state index in [-0.39, 0.29) is 17.3 Å². The molecule has 2 heterocycles. The Bertz CT molecular complexity index is 588. The highest BCUT2D eigenvalue weighted by atomic mass is 16.3. The van der Waals surface area contributed by atoms with E-state index in [1.54, 1.807) is 19.2 Å². The van der Waals surface area contributed by atoms with Gasteiger partial charge in [0.25, 0.3) is 5.56 Å². The van der Waals surface area contributed by atoms with Crippen molar-refractivity contribution in [3.8, 4) is 17.4 Å². The van der Waals surface area contributed by atoms with Crippen LogP contribution in [0.4, 0.5) is 0 Å². The van der Waals surface area contributed by atoms with Crippen molar-refractivity contribution in [2.45, 2.75) is 20.3 Å². The van der Waals surface area contributed by atoms with Crippen molar-refractivity contribution >= 4 is 0 Å². The second-order valence-electron chi connectivity index (χ2n) is 3.79. The van der Waals surface area contributed by atoms with Crippen LogP contribution in [-0.4, -0.2) is 20.1 Å². The summed E-state index contributed by atoms with van der Waals surface area (Å²) in [4.78, 5) is 22.3. The summed E-state index contributed by atoms with van der Waals surface area (Å²) in [6.45, 7) is 3.71. The summed E-state index contributed by atoms with van der Waals surface area (Å²) in [5.41, 5.74) is 1.52. The first-order valence-corrected chi connectivity index (χ1v) is 5.37. The molecular weight excluding hydrogens is 218 g/mol. The molecule has 0 spiro atoms. The summed E-state index contributed by atoms with van der Waals surface area (Å²) in [7, 11) is 0. The van der Waals surface area contributed by atoms with Crippen LogP contribution in [0, 0.1) is 6.92 Å². The number of rotatable bonds is 2. The van der Waals surface area contributed by atoms with Crippen molar-refractivity contribution in [3.05, 3.63) is 39.8 Å². The zero-order valence-electron chi connectivity index (χ0n) is 9.69. The van der Waals surface area contributed by atoms with E-state index < -0.39 is 0 Å². The summed E-state index contributed by atoms with van der Waals surface area (Å²) in [5.74, 6) is 0.0540. The molecule has 0 fully saturated rings. The number of nitrogens with one attached hydrogen (secondary N) is 1. The molecule has 2 aromatic rings. The van der Waals surface area contributed by atoms with Gasteiger partial charge in [0.2, 0.25) is 5.88 Å². The second kappa shape index (κ2) is 4.37. The van der Waals surface area contributed by atoms with Gasteiger partial charge in [0.15, 0.2) is 5.82 Å². The maximum Gasteiger partial charge on any atom is 0.258 e. The fraction of sp³-hybridized carbons (Fsp3) is 0.250. The van der Waals surface area contributed by atoms with Gasteiger partial charge in [0, 0.05) is 6.20 Å². The van der Waals surface area contributed by atoms with Gasteiger partial charge in [-0.25, -0.2) is 0 Å². The number of aromatic nitrogens is 3. The van der Waals surface area contributed by atoms with Crippen LogP contribution in [0.25, 0.3) is 11.5 Å². The molecule has 0 aliphatic heterocycles. The molecule has 5 nitrogen and oxygen atoms in total. The van der Waals surface area contributed by atoms with Crippen molar-refractivity contribution in [2.75, 3.05) is 0 Å². The topological polar surface area (TPSA) is 78.9 Å². The standard InChI is InChI=1S/C12H13N3O2/c1-3-8-11(16)14-10(15-12(8)17)9-5-4-7(2)6-13-9/h4-6H,3H2,1-2H3,(H2,14,15,16,17). The van der Waals surface area contributed by atoms with Gasteiger partial charge in [-0.15, -0.1) is 0 Å². The number of pyridine rings is 1. The Kier molecular flexibility index (Phi) is 2.91. The zero-order chi connectivity index (χ0) is 12.4. The van der Waals surface area contributed by atoms with Gasteiger partial charge in [-0.3, -0.25) is 9.78 Å². The highest BCUT2D eigenvalue weighted by molar-refractivity contribution is 5.50. The van der Waals surface area contributed by atoms with E-state index in [4.69, 9.17) is 0 Å². The molecule has 17 heavy (non-hydrogen) atoms. The fourth-order valence-corrected chi connectivity index (χ4v) is 1.53. The number of nitrogens with zero attached hydrogens (tertiary/aromatic N) is 2. The lowest BCUT2D eigenvalue weighted by Gasteiger charge is -2.04. The predicted octanol–water partition coefficient (Wildman–Crippen LogP) is 1.41. The van der Waals surface area contributed by atoms with Gasteiger partial charge in [-0.05, 0) is 25.0 Å². The molecular formula is C12H13N3O2. The van der Waals surface area contributed by atoms with Crippen LogP contribution < -0.4 is 5.56 Å². The Balaban J connectivity index is 2.54. The smallest absolute Gasteiger partial charge is 0.258 e. The van der Waals surface area contributed by atoms with E-state index in [0.717, 1.165) is 5.56 Å². The first-order chi connectivity index (χ1) is 8.11. The molecule has 0 bridgehead atoms. The Morgan fingerprint density at radius 3 is 2.71 bits per heavy atom. The minimum absolute atomic E-state index is 0.228. The average molecular weight is 231 g/mol. The van der Waals surface area contributed by atoms with Crippen LogP contribution >= 0.6 is 0 Å². The van der Waals surface area contributed by atoms with E-state index in [1.165, 1.54) is 0 Å². The van der Waals surface area contributed by atoms with Gasteiger partial charge in [-0.2, -0.15) is 4.98 Å². The van der Waals surface area contributed by atoms with Gasteiger partial charge < -0.3 is 10.1 Å². The van der Waals surface area contributed by atoms with Crippen molar-refractivity contribution in [2.24, 2.45) is 0 Å². The van der Waals surface area contributed by atoms with Gasteiger partial charge in [0.1, 0.15) is 5.69 Å². The quantitative estimate of drug-likeness (QED) is 0.819. The Labute approximate surface area is 98.2 Å². The summed E-state index contributed by atoms with van der Waals surface area (Å²) in [6.07, 6.45) is 2.12. The van der Waals surface area contributed by atoms with Gasteiger partial charge >= 0.3 is 0 Å². The van der Waals surface area contributed by atoms with Crippen LogP contribution in [0.5, 0.6) is 5.88 Å². The Hall–Kier alpha value is -2.17. The van der Waals surface area contributed by atoms with Crippen molar-refractivity contribution in [1.29, 1.82) is 0 Å². The second-order valence-corrected chi connectivity index (χ2v) is 3.79. The van der Waals surface area contributed by atoms with Crippen LogP contribution in [0.15, 0.2) is 23.1 Å². The Morgan fingerprint density at radius 2 is 2.18 bits per heavy atom. The number of hydrogen-bond acceptors (Lipinski definition) is 4. The molecule has 0 atom stereocenters. The number of hydrogen-bond donors (Lipinski definition) is 2. The van der Waals surface area contributed by atoms with Crippen LogP contribution in [-0.2, 0) is 6.42 Å². The third-order valence-electron chi connectivity index (χ3n) is 2.50. The largest absolute Gasteiger partial charge is 0.493 e. The molecule has 0 aliphatic carbocycles. The SMILES string of the molecule is CCc1c(O)nc(-c2ccc(C)cn2)[nH]c1=O. The fourth-order valence-electron chi connectivity index (χ4n) is 1.53. The maximum atomic E-state index is 11.6. The number of H-pyrrole nitrogens is 1. The molecule has 0 saturated carbocycles. The average Bonchev–Trinajstić information content (AvgIpc) is 2.29. The highest BCUT2D eigenvalue weighted by Crippen LogP contribution is 2.15. The molecule has 88 valence electrons. The third-order valence-corrected chi connectivity index (χ3v) is 2.50. The summed E-state index contributed by atoms with van der Waals surface area (Å²) in [5, 5.41) is 9.63. The monoisotopic (exact) mass is 231 g/mol. The number of aromatic hydroxyl groups is 1. The zero-order valence-corrected chi connectivity index (χ0v) is 9.69. The van der Waals surface area contributed by atoms with E-state index in [0.29, 0.717) is 17.7 Å². The molecule has 0 radical (unpaired) electrons. The minimum atomic E-state index is -0.322. The van der Waals surface area contributed by atoms with Crippen molar-refractivity contribution < 1.29 is 5.11 Å². The van der Waals surface area contributed by atoms with Crippen molar-refractivity contribution in [3.63, 3.8) is 0 Å². The highest BCUT2D eigenvalue weighted by Gasteiger charge is 2.10. The van der Waals surface area contributed by atoms with Crippen LogP contribution in [0.1, 0.15) is 18.1 Å². The lowest BCUT2D eigenvalue weighted by atomic mass is 10.2. The first-order valence-electron chi connectivity index (χ1n) is 5.37. The molecule has 2 N–H and O–H groups in total. The number of aromatic amines is 1. The third kappa shape index (κ3) is 2.18. The maximum absolute atomic E-state index is 11.6. The molecule has 0 aliphatic rings. The number of aryl methyl sites for hydroxylation is 1. The minimum Gasteiger partial charge on any atom is -0.493 e. The van der Waals surface area contributed by atoms with Crippen molar-refractivity contribution in [1.82, 2.24) is 15.0 Å². The van der Waals surface area contributed by atoms with E-state index in [9.17, 15) is 9.90 Å². The first kappa shape index (κ1) is 11.3. The molecule has 5 heteroatoms.